The highest BCUT2D eigenvalue weighted by molar-refractivity contribution is 7.11. The van der Waals surface area contributed by atoms with Gasteiger partial charge < -0.3 is 5.11 Å². The minimum absolute atomic E-state index is 0.255. The van der Waals surface area contributed by atoms with E-state index in [0.717, 1.165) is 32.1 Å². The molecule has 1 aromatic rings. The first-order valence-corrected chi connectivity index (χ1v) is 6.92. The van der Waals surface area contributed by atoms with Gasteiger partial charge in [0.25, 0.3) is 0 Å². The van der Waals surface area contributed by atoms with E-state index in [2.05, 4.69) is 4.98 Å². The quantitative estimate of drug-likeness (QED) is 0.901. The molecule has 6 heteroatoms. The molecule has 1 aromatic heterocycles. The van der Waals surface area contributed by atoms with Crippen molar-refractivity contribution in [2.75, 3.05) is 0 Å². The Bertz CT molecular complexity index is 410. The van der Waals surface area contributed by atoms with E-state index in [0.29, 0.717) is 16.2 Å². The Morgan fingerprint density at radius 1 is 1.44 bits per heavy atom. The molecule has 0 spiro atoms. The fourth-order valence-electron chi connectivity index (χ4n) is 2.75. The molecule has 0 aliphatic heterocycles. The van der Waals surface area contributed by atoms with Crippen LogP contribution >= 0.6 is 11.3 Å². The molecule has 2 nitrogen and oxygen atoms in total. The fraction of sp³-hybridized carbons (Fsp3) is 0.750. The van der Waals surface area contributed by atoms with Gasteiger partial charge in [-0.25, -0.2) is 4.98 Å². The van der Waals surface area contributed by atoms with Crippen LogP contribution < -0.4 is 0 Å². The van der Waals surface area contributed by atoms with Crippen molar-refractivity contribution in [1.29, 1.82) is 0 Å². The Hall–Kier alpha value is -0.620. The number of aliphatic hydroxyl groups is 1. The van der Waals surface area contributed by atoms with Crippen molar-refractivity contribution >= 4 is 11.3 Å². The maximum atomic E-state index is 12.5. The fourth-order valence-corrected chi connectivity index (χ4v) is 3.66. The molecule has 102 valence electrons. The lowest BCUT2D eigenvalue weighted by molar-refractivity contribution is -0.137. The lowest BCUT2D eigenvalue weighted by Crippen LogP contribution is -2.24. The van der Waals surface area contributed by atoms with Gasteiger partial charge in [0.1, 0.15) is 0 Å². The average Bonchev–Trinajstić information content (AvgIpc) is 2.97. The van der Waals surface area contributed by atoms with E-state index in [4.69, 9.17) is 0 Å². The van der Waals surface area contributed by atoms with Crippen LogP contribution in [-0.4, -0.2) is 10.1 Å². The highest BCUT2D eigenvalue weighted by Crippen LogP contribution is 2.51. The number of thiazole rings is 1. The lowest BCUT2D eigenvalue weighted by Gasteiger charge is -2.32. The smallest absolute Gasteiger partial charge is 0.387 e. The van der Waals surface area contributed by atoms with Gasteiger partial charge in [-0.15, -0.1) is 11.3 Å². The molecule has 0 radical (unpaired) electrons. The number of hydrogen-bond acceptors (Lipinski definition) is 3. The van der Waals surface area contributed by atoms with Crippen molar-refractivity contribution in [3.63, 3.8) is 0 Å². The zero-order valence-electron chi connectivity index (χ0n) is 10.1. The van der Waals surface area contributed by atoms with Gasteiger partial charge in [-0.3, -0.25) is 0 Å². The molecular formula is C12H16F3NOS. The standard InChI is InChI=1S/C12H16F3NOS/c1-2-11(5-3-4-6-11)9(17)8-7-16-10(18-8)12(13,14)15/h7,9,17H,2-6H2,1H3. The summed E-state index contributed by atoms with van der Waals surface area (Å²) < 4.78 is 37.5. The van der Waals surface area contributed by atoms with E-state index in [-0.39, 0.29) is 5.41 Å². The third-order valence-corrected chi connectivity index (χ3v) is 5.01. The number of aromatic nitrogens is 1. The maximum Gasteiger partial charge on any atom is 0.443 e. The molecule has 1 N–H and O–H groups in total. The molecular weight excluding hydrogens is 263 g/mol. The van der Waals surface area contributed by atoms with E-state index in [9.17, 15) is 18.3 Å². The second-order valence-electron chi connectivity index (χ2n) is 4.89. The van der Waals surface area contributed by atoms with Crippen molar-refractivity contribution in [2.45, 2.75) is 51.3 Å². The van der Waals surface area contributed by atoms with Gasteiger partial charge in [0.15, 0.2) is 5.01 Å². The molecule has 0 aromatic carbocycles. The van der Waals surface area contributed by atoms with E-state index in [1.807, 2.05) is 6.92 Å². The second kappa shape index (κ2) is 4.81. The minimum atomic E-state index is -4.42. The van der Waals surface area contributed by atoms with Crippen molar-refractivity contribution in [2.24, 2.45) is 5.41 Å². The zero-order valence-corrected chi connectivity index (χ0v) is 10.9. The summed E-state index contributed by atoms with van der Waals surface area (Å²) >= 11 is 0.563. The van der Waals surface area contributed by atoms with Crippen molar-refractivity contribution in [1.82, 2.24) is 4.98 Å². The van der Waals surface area contributed by atoms with Crippen LogP contribution in [0.4, 0.5) is 13.2 Å². The first kappa shape index (κ1) is 13.8. The Labute approximate surface area is 108 Å². The van der Waals surface area contributed by atoms with Crippen LogP contribution in [0.3, 0.4) is 0 Å². The van der Waals surface area contributed by atoms with E-state index >= 15 is 0 Å². The van der Waals surface area contributed by atoms with Crippen LogP contribution in [0.25, 0.3) is 0 Å². The predicted molar refractivity (Wildman–Crippen MR) is 63.3 cm³/mol. The molecule has 1 atom stereocenters. The summed E-state index contributed by atoms with van der Waals surface area (Å²) in [5.41, 5.74) is -0.255. The van der Waals surface area contributed by atoms with Crippen molar-refractivity contribution < 1.29 is 18.3 Å². The summed E-state index contributed by atoms with van der Waals surface area (Å²) in [4.78, 5) is 3.72. The molecule has 1 heterocycles. The van der Waals surface area contributed by atoms with Gasteiger partial charge in [0, 0.05) is 11.6 Å². The molecule has 18 heavy (non-hydrogen) atoms. The van der Waals surface area contributed by atoms with Crippen LogP contribution in [-0.2, 0) is 6.18 Å². The van der Waals surface area contributed by atoms with Crippen LogP contribution in [0, 0.1) is 5.41 Å². The number of nitrogens with zero attached hydrogens (tertiary/aromatic N) is 1. The second-order valence-corrected chi connectivity index (χ2v) is 5.95. The Balaban J connectivity index is 2.23. The van der Waals surface area contributed by atoms with Gasteiger partial charge in [0.05, 0.1) is 11.0 Å². The molecule has 0 saturated heterocycles. The SMILES string of the molecule is CCC1(C(O)c2cnc(C(F)(F)F)s2)CCCC1. The molecule has 2 rings (SSSR count). The molecule has 1 aliphatic rings. The normalized spacial score (nSPS) is 21.2. The summed E-state index contributed by atoms with van der Waals surface area (Å²) in [6, 6.07) is 0. The third kappa shape index (κ3) is 2.40. The molecule has 0 bridgehead atoms. The first-order chi connectivity index (χ1) is 8.39. The monoisotopic (exact) mass is 279 g/mol. The number of rotatable bonds is 3. The highest BCUT2D eigenvalue weighted by atomic mass is 32.1. The van der Waals surface area contributed by atoms with Gasteiger partial charge in [-0.05, 0) is 19.3 Å². The number of aliphatic hydroxyl groups excluding tert-OH is 1. The van der Waals surface area contributed by atoms with Gasteiger partial charge >= 0.3 is 6.18 Å². The Morgan fingerprint density at radius 3 is 2.50 bits per heavy atom. The molecule has 1 aliphatic carbocycles. The largest absolute Gasteiger partial charge is 0.443 e. The summed E-state index contributed by atoms with van der Waals surface area (Å²) in [5, 5.41) is 9.48. The Kier molecular flexibility index (Phi) is 3.69. The number of halogens is 3. The summed E-state index contributed by atoms with van der Waals surface area (Å²) in [6.07, 6.45) is 0.553. The molecule has 1 fully saturated rings. The molecule has 1 saturated carbocycles. The number of hydrogen-bond donors (Lipinski definition) is 1. The van der Waals surface area contributed by atoms with Crippen LogP contribution in [0.2, 0.25) is 0 Å². The van der Waals surface area contributed by atoms with Crippen molar-refractivity contribution in [3.8, 4) is 0 Å². The van der Waals surface area contributed by atoms with Gasteiger partial charge in [-0.2, -0.15) is 13.2 Å². The number of alkyl halides is 3. The topological polar surface area (TPSA) is 33.1 Å². The summed E-state index contributed by atoms with van der Waals surface area (Å²) in [6.45, 7) is 1.99. The first-order valence-electron chi connectivity index (χ1n) is 6.10. The molecule has 0 amide bonds. The third-order valence-electron chi connectivity index (χ3n) is 3.92. The predicted octanol–water partition coefficient (Wildman–Crippen LogP) is 4.17. The molecule has 1 unspecified atom stereocenters. The minimum Gasteiger partial charge on any atom is -0.387 e. The Morgan fingerprint density at radius 2 is 2.06 bits per heavy atom. The highest BCUT2D eigenvalue weighted by Gasteiger charge is 2.42. The van der Waals surface area contributed by atoms with E-state index < -0.39 is 17.3 Å². The maximum absolute atomic E-state index is 12.5. The van der Waals surface area contributed by atoms with Crippen LogP contribution in [0.1, 0.15) is 55.0 Å². The van der Waals surface area contributed by atoms with E-state index in [1.165, 1.54) is 6.20 Å². The average molecular weight is 279 g/mol. The van der Waals surface area contributed by atoms with E-state index in [1.54, 1.807) is 0 Å². The zero-order chi connectivity index (χ0) is 13.4. The van der Waals surface area contributed by atoms with Crippen LogP contribution in [0.5, 0.6) is 0 Å². The van der Waals surface area contributed by atoms with Crippen molar-refractivity contribution in [3.05, 3.63) is 16.1 Å². The lowest BCUT2D eigenvalue weighted by atomic mass is 9.77. The van der Waals surface area contributed by atoms with Crippen LogP contribution in [0.15, 0.2) is 6.20 Å². The summed E-state index contributed by atoms with van der Waals surface area (Å²) in [5.74, 6) is 0. The summed E-state index contributed by atoms with van der Waals surface area (Å²) in [7, 11) is 0. The van der Waals surface area contributed by atoms with Gasteiger partial charge in [0.2, 0.25) is 0 Å². The van der Waals surface area contributed by atoms with Gasteiger partial charge in [-0.1, -0.05) is 19.8 Å².